The van der Waals surface area contributed by atoms with Crippen molar-refractivity contribution in [1.29, 1.82) is 0 Å². The second-order valence-corrected chi connectivity index (χ2v) is 5.62. The Morgan fingerprint density at radius 3 is 2.50 bits per heavy atom. The normalized spacial score (nSPS) is 14.8. The Hall–Kier alpha value is -0.910. The molecule has 0 amide bonds. The molecule has 2 aromatic heterocycles. The molecule has 0 spiro atoms. The summed E-state index contributed by atoms with van der Waals surface area (Å²) in [5.74, 6) is 0.564. The minimum atomic E-state index is 0.140. The molecule has 1 aliphatic carbocycles. The molecule has 1 fully saturated rings. The number of rotatable bonds is 4. The van der Waals surface area contributed by atoms with E-state index in [1.165, 1.54) is 5.56 Å². The molecule has 2 aromatic rings. The summed E-state index contributed by atoms with van der Waals surface area (Å²) < 4.78 is 0. The van der Waals surface area contributed by atoms with Gasteiger partial charge in [0.2, 0.25) is 16.5 Å². The van der Waals surface area contributed by atoms with E-state index in [0.717, 1.165) is 19.4 Å². The average molecular weight is 301 g/mol. The molecule has 7 heteroatoms. The number of thiophene rings is 1. The highest BCUT2D eigenvalue weighted by molar-refractivity contribution is 7.07. The van der Waals surface area contributed by atoms with Crippen molar-refractivity contribution in [3.63, 3.8) is 0 Å². The molecule has 3 rings (SSSR count). The van der Waals surface area contributed by atoms with Crippen LogP contribution >= 0.6 is 34.5 Å². The first kappa shape index (κ1) is 12.1. The highest BCUT2D eigenvalue weighted by Crippen LogP contribution is 2.32. The molecule has 94 valence electrons. The first-order valence-electron chi connectivity index (χ1n) is 5.57. The molecule has 0 radical (unpaired) electrons. The summed E-state index contributed by atoms with van der Waals surface area (Å²) in [6.07, 6.45) is 2.32. The van der Waals surface area contributed by atoms with E-state index in [0.29, 0.717) is 12.0 Å². The standard InChI is InChI=1S/C11H10Cl2N4S/c12-9-14-10(13)16-11(15-9)17(8-1-2-8)5-7-3-4-18-6-7/h3-4,6,8H,1-2,5H2. The Balaban J connectivity index is 1.89. The third kappa shape index (κ3) is 2.74. The minimum Gasteiger partial charge on any atom is -0.333 e. The summed E-state index contributed by atoms with van der Waals surface area (Å²) in [5, 5.41) is 4.47. The number of anilines is 1. The van der Waals surface area contributed by atoms with Crippen LogP contribution < -0.4 is 4.90 Å². The van der Waals surface area contributed by atoms with Gasteiger partial charge >= 0.3 is 0 Å². The third-order valence-corrected chi connectivity index (χ3v) is 3.82. The third-order valence-electron chi connectivity index (χ3n) is 2.75. The molecule has 1 saturated carbocycles. The minimum absolute atomic E-state index is 0.140. The van der Waals surface area contributed by atoms with Crippen molar-refractivity contribution in [2.75, 3.05) is 4.90 Å². The van der Waals surface area contributed by atoms with Crippen molar-refractivity contribution in [1.82, 2.24) is 15.0 Å². The number of halogens is 2. The van der Waals surface area contributed by atoms with Crippen LogP contribution in [0.2, 0.25) is 10.6 Å². The molecule has 18 heavy (non-hydrogen) atoms. The summed E-state index contributed by atoms with van der Waals surface area (Å²) in [6, 6.07) is 2.59. The zero-order valence-electron chi connectivity index (χ0n) is 9.38. The predicted octanol–water partition coefficient (Wildman–Crippen LogP) is 3.41. The second-order valence-electron chi connectivity index (χ2n) is 4.16. The van der Waals surface area contributed by atoms with E-state index in [-0.39, 0.29) is 10.6 Å². The average Bonchev–Trinajstić information content (AvgIpc) is 3.02. The molecule has 4 nitrogen and oxygen atoms in total. The van der Waals surface area contributed by atoms with Gasteiger partial charge in [0.1, 0.15) is 0 Å². The lowest BCUT2D eigenvalue weighted by molar-refractivity contribution is 0.754. The zero-order valence-corrected chi connectivity index (χ0v) is 11.7. The monoisotopic (exact) mass is 300 g/mol. The van der Waals surface area contributed by atoms with Crippen LogP contribution in [0, 0.1) is 0 Å². The molecule has 0 unspecified atom stereocenters. The Bertz CT molecular complexity index is 522. The van der Waals surface area contributed by atoms with Crippen molar-refractivity contribution in [3.05, 3.63) is 33.0 Å². The van der Waals surface area contributed by atoms with Gasteiger partial charge < -0.3 is 4.90 Å². The SMILES string of the molecule is Clc1nc(Cl)nc(N(Cc2ccsc2)C2CC2)n1. The fourth-order valence-corrected chi connectivity index (χ4v) is 2.79. The van der Waals surface area contributed by atoms with Crippen molar-refractivity contribution in [2.45, 2.75) is 25.4 Å². The van der Waals surface area contributed by atoms with E-state index in [2.05, 4.69) is 36.7 Å². The number of aromatic nitrogens is 3. The second kappa shape index (κ2) is 4.99. The molecular formula is C11H10Cl2N4S. The Labute approximate surface area is 119 Å². The van der Waals surface area contributed by atoms with Crippen LogP contribution in [0.25, 0.3) is 0 Å². The van der Waals surface area contributed by atoms with Crippen molar-refractivity contribution in [2.24, 2.45) is 0 Å². The van der Waals surface area contributed by atoms with Gasteiger partial charge in [0.15, 0.2) is 0 Å². The molecule has 0 aliphatic heterocycles. The van der Waals surface area contributed by atoms with Crippen molar-refractivity contribution >= 4 is 40.5 Å². The Morgan fingerprint density at radius 2 is 1.94 bits per heavy atom. The maximum atomic E-state index is 5.83. The van der Waals surface area contributed by atoms with Crippen LogP contribution in [0.15, 0.2) is 16.8 Å². The van der Waals surface area contributed by atoms with E-state index in [9.17, 15) is 0 Å². The van der Waals surface area contributed by atoms with E-state index < -0.39 is 0 Å². The van der Waals surface area contributed by atoms with E-state index >= 15 is 0 Å². The van der Waals surface area contributed by atoms with E-state index in [4.69, 9.17) is 23.2 Å². The highest BCUT2D eigenvalue weighted by Gasteiger charge is 2.31. The number of hydrogen-bond acceptors (Lipinski definition) is 5. The summed E-state index contributed by atoms with van der Waals surface area (Å²) in [5.41, 5.74) is 1.25. The first-order valence-corrected chi connectivity index (χ1v) is 7.27. The summed E-state index contributed by atoms with van der Waals surface area (Å²) in [6.45, 7) is 0.783. The fourth-order valence-electron chi connectivity index (χ4n) is 1.77. The van der Waals surface area contributed by atoms with E-state index in [1.54, 1.807) is 11.3 Å². The molecule has 2 heterocycles. The molecule has 0 N–H and O–H groups in total. The van der Waals surface area contributed by atoms with Gasteiger partial charge in [-0.25, -0.2) is 0 Å². The fraction of sp³-hybridized carbons (Fsp3) is 0.364. The maximum Gasteiger partial charge on any atom is 0.231 e. The summed E-state index contributed by atoms with van der Waals surface area (Å²) in [7, 11) is 0. The molecule has 0 atom stereocenters. The summed E-state index contributed by atoms with van der Waals surface area (Å²) in [4.78, 5) is 14.2. The van der Waals surface area contributed by atoms with Gasteiger partial charge in [0.25, 0.3) is 0 Å². The molecule has 0 saturated heterocycles. The zero-order chi connectivity index (χ0) is 12.5. The van der Waals surface area contributed by atoms with Crippen LogP contribution in [0.5, 0.6) is 0 Å². The molecule has 0 aromatic carbocycles. The van der Waals surface area contributed by atoms with Crippen LogP contribution in [0.1, 0.15) is 18.4 Å². The quantitative estimate of drug-likeness (QED) is 0.868. The van der Waals surface area contributed by atoms with E-state index in [1.807, 2.05) is 0 Å². The van der Waals surface area contributed by atoms with Gasteiger partial charge in [-0.05, 0) is 58.4 Å². The van der Waals surface area contributed by atoms with Gasteiger partial charge in [-0.3, -0.25) is 0 Å². The van der Waals surface area contributed by atoms with Crippen molar-refractivity contribution in [3.8, 4) is 0 Å². The lowest BCUT2D eigenvalue weighted by Crippen LogP contribution is -2.27. The Morgan fingerprint density at radius 1 is 1.22 bits per heavy atom. The topological polar surface area (TPSA) is 41.9 Å². The van der Waals surface area contributed by atoms with Crippen LogP contribution in [0.4, 0.5) is 5.95 Å². The highest BCUT2D eigenvalue weighted by atomic mass is 35.5. The lowest BCUT2D eigenvalue weighted by Gasteiger charge is -2.21. The van der Waals surface area contributed by atoms with Crippen LogP contribution in [0.3, 0.4) is 0 Å². The smallest absolute Gasteiger partial charge is 0.231 e. The largest absolute Gasteiger partial charge is 0.333 e. The molecule has 0 bridgehead atoms. The maximum absolute atomic E-state index is 5.83. The lowest BCUT2D eigenvalue weighted by atomic mass is 10.3. The molecule has 1 aliphatic rings. The van der Waals surface area contributed by atoms with Gasteiger partial charge in [-0.15, -0.1) is 0 Å². The van der Waals surface area contributed by atoms with Gasteiger partial charge in [0, 0.05) is 12.6 Å². The van der Waals surface area contributed by atoms with Gasteiger partial charge in [0.05, 0.1) is 0 Å². The number of hydrogen-bond donors (Lipinski definition) is 0. The van der Waals surface area contributed by atoms with Gasteiger partial charge in [-0.2, -0.15) is 26.3 Å². The Kier molecular flexibility index (Phi) is 3.37. The van der Waals surface area contributed by atoms with Crippen LogP contribution in [-0.2, 0) is 6.54 Å². The molecular weight excluding hydrogens is 291 g/mol. The first-order chi connectivity index (χ1) is 8.72. The van der Waals surface area contributed by atoms with Crippen molar-refractivity contribution < 1.29 is 0 Å². The van der Waals surface area contributed by atoms with Crippen LogP contribution in [-0.4, -0.2) is 21.0 Å². The predicted molar refractivity (Wildman–Crippen MR) is 73.4 cm³/mol. The summed E-state index contributed by atoms with van der Waals surface area (Å²) >= 11 is 13.3. The van der Waals surface area contributed by atoms with Gasteiger partial charge in [-0.1, -0.05) is 0 Å². The number of nitrogens with zero attached hydrogens (tertiary/aromatic N) is 4.